The summed E-state index contributed by atoms with van der Waals surface area (Å²) in [4.78, 5) is 29.7. The number of benzene rings is 2. The molecule has 1 heterocycles. The molecule has 5 nitrogen and oxygen atoms in total. The van der Waals surface area contributed by atoms with Crippen LogP contribution in [0.2, 0.25) is 5.02 Å². The second-order valence-electron chi connectivity index (χ2n) is 6.25. The van der Waals surface area contributed by atoms with Crippen molar-refractivity contribution in [3.63, 3.8) is 0 Å². The summed E-state index contributed by atoms with van der Waals surface area (Å²) < 4.78 is 6.76. The van der Waals surface area contributed by atoms with E-state index < -0.39 is 0 Å². The number of methoxy groups -OCH3 is 1. The smallest absolute Gasteiger partial charge is 0.262 e. The molecule has 0 saturated heterocycles. The SMILES string of the molecule is COCCn1c(SCCCC(=O)c2ccccc2)nc2cc(Cl)ccc2c1=O. The molecule has 0 aliphatic rings. The summed E-state index contributed by atoms with van der Waals surface area (Å²) in [6, 6.07) is 14.4. The van der Waals surface area contributed by atoms with Crippen molar-refractivity contribution in [3.8, 4) is 0 Å². The van der Waals surface area contributed by atoms with Gasteiger partial charge in [-0.2, -0.15) is 0 Å². The first-order valence-corrected chi connectivity index (χ1v) is 10.4. The Morgan fingerprint density at radius 3 is 2.75 bits per heavy atom. The molecule has 7 heteroatoms. The van der Waals surface area contributed by atoms with E-state index in [0.717, 1.165) is 5.56 Å². The zero-order valence-electron chi connectivity index (χ0n) is 15.6. The van der Waals surface area contributed by atoms with E-state index in [4.69, 9.17) is 16.3 Å². The van der Waals surface area contributed by atoms with Crippen LogP contribution in [0, 0.1) is 0 Å². The number of halogens is 1. The molecule has 0 fully saturated rings. The number of hydrogen-bond donors (Lipinski definition) is 0. The van der Waals surface area contributed by atoms with Gasteiger partial charge in [-0.3, -0.25) is 14.2 Å². The second kappa shape index (κ2) is 9.87. The standard InChI is InChI=1S/C21H21ClN2O3S/c1-27-12-11-24-20(26)17-10-9-16(22)14-18(17)23-21(24)28-13-5-8-19(25)15-6-3-2-4-7-15/h2-4,6-7,9-10,14H,5,8,11-13H2,1H3. The summed E-state index contributed by atoms with van der Waals surface area (Å²) >= 11 is 7.52. The fourth-order valence-electron chi connectivity index (χ4n) is 2.83. The van der Waals surface area contributed by atoms with Crippen LogP contribution in [0.15, 0.2) is 58.5 Å². The fraction of sp³-hybridized carbons (Fsp3) is 0.286. The zero-order chi connectivity index (χ0) is 19.9. The minimum atomic E-state index is -0.110. The number of thioether (sulfide) groups is 1. The number of rotatable bonds is 9. The Morgan fingerprint density at radius 1 is 1.21 bits per heavy atom. The van der Waals surface area contributed by atoms with Gasteiger partial charge >= 0.3 is 0 Å². The van der Waals surface area contributed by atoms with Gasteiger partial charge in [0.2, 0.25) is 0 Å². The number of ketones is 1. The van der Waals surface area contributed by atoms with Crippen LogP contribution < -0.4 is 5.56 Å². The Morgan fingerprint density at radius 2 is 2.00 bits per heavy atom. The van der Waals surface area contributed by atoms with E-state index in [0.29, 0.717) is 52.8 Å². The molecule has 1 aromatic heterocycles. The number of nitrogens with zero attached hydrogens (tertiary/aromatic N) is 2. The average Bonchev–Trinajstić information content (AvgIpc) is 2.71. The predicted molar refractivity (Wildman–Crippen MR) is 114 cm³/mol. The highest BCUT2D eigenvalue weighted by molar-refractivity contribution is 7.99. The summed E-state index contributed by atoms with van der Waals surface area (Å²) in [6.07, 6.45) is 1.16. The highest BCUT2D eigenvalue weighted by atomic mass is 35.5. The van der Waals surface area contributed by atoms with Crippen LogP contribution in [0.1, 0.15) is 23.2 Å². The van der Waals surface area contributed by atoms with E-state index in [1.165, 1.54) is 11.8 Å². The maximum Gasteiger partial charge on any atom is 0.262 e. The van der Waals surface area contributed by atoms with Crippen LogP contribution in [-0.2, 0) is 11.3 Å². The third-order valence-corrected chi connectivity index (χ3v) is 5.57. The van der Waals surface area contributed by atoms with Gasteiger partial charge in [0.1, 0.15) is 0 Å². The zero-order valence-corrected chi connectivity index (χ0v) is 17.1. The summed E-state index contributed by atoms with van der Waals surface area (Å²) in [5.41, 5.74) is 1.19. The third kappa shape index (κ3) is 5.01. The molecule has 3 aromatic rings. The van der Waals surface area contributed by atoms with Crippen LogP contribution >= 0.6 is 23.4 Å². The van der Waals surface area contributed by atoms with Gasteiger partial charge in [0.25, 0.3) is 5.56 Å². The molecular weight excluding hydrogens is 396 g/mol. The Bertz CT molecular complexity index is 1020. The minimum Gasteiger partial charge on any atom is -0.383 e. The van der Waals surface area contributed by atoms with E-state index in [-0.39, 0.29) is 11.3 Å². The van der Waals surface area contributed by atoms with Gasteiger partial charge in [-0.15, -0.1) is 0 Å². The van der Waals surface area contributed by atoms with Gasteiger partial charge in [-0.25, -0.2) is 4.98 Å². The summed E-state index contributed by atoms with van der Waals surface area (Å²) in [5.74, 6) is 0.806. The summed E-state index contributed by atoms with van der Waals surface area (Å²) in [5, 5.41) is 1.69. The van der Waals surface area contributed by atoms with Gasteiger partial charge in [0, 0.05) is 29.9 Å². The van der Waals surface area contributed by atoms with Crippen molar-refractivity contribution >= 4 is 40.0 Å². The van der Waals surface area contributed by atoms with Gasteiger partial charge in [0.05, 0.1) is 24.1 Å². The van der Waals surface area contributed by atoms with Crippen LogP contribution in [-0.4, -0.2) is 34.8 Å². The normalized spacial score (nSPS) is 11.1. The number of Topliss-reactive ketones (excluding diaryl/α,β-unsaturated/α-hetero) is 1. The number of fused-ring (bicyclic) bond motifs is 1. The predicted octanol–water partition coefficient (Wildman–Crippen LogP) is 4.45. The van der Waals surface area contributed by atoms with Crippen molar-refractivity contribution in [2.45, 2.75) is 24.5 Å². The van der Waals surface area contributed by atoms with Crippen LogP contribution in [0.3, 0.4) is 0 Å². The summed E-state index contributed by atoms with van der Waals surface area (Å²) in [7, 11) is 1.60. The average molecular weight is 417 g/mol. The van der Waals surface area contributed by atoms with E-state index in [9.17, 15) is 9.59 Å². The first kappa shape index (κ1) is 20.6. The molecule has 0 aliphatic carbocycles. The Kier molecular flexibility index (Phi) is 7.25. The molecule has 0 aliphatic heterocycles. The second-order valence-corrected chi connectivity index (χ2v) is 7.75. The molecular formula is C21H21ClN2O3S. The number of ether oxygens (including phenoxy) is 1. The van der Waals surface area contributed by atoms with Gasteiger partial charge in [-0.1, -0.05) is 53.7 Å². The highest BCUT2D eigenvalue weighted by Crippen LogP contribution is 2.21. The molecule has 0 spiro atoms. The molecule has 2 aromatic carbocycles. The monoisotopic (exact) mass is 416 g/mol. The fourth-order valence-corrected chi connectivity index (χ4v) is 3.96. The largest absolute Gasteiger partial charge is 0.383 e. The van der Waals surface area contributed by atoms with Crippen molar-refractivity contribution in [2.75, 3.05) is 19.5 Å². The molecule has 0 radical (unpaired) electrons. The molecule has 0 unspecified atom stereocenters. The van der Waals surface area contributed by atoms with E-state index >= 15 is 0 Å². The topological polar surface area (TPSA) is 61.2 Å². The third-order valence-electron chi connectivity index (χ3n) is 4.28. The van der Waals surface area contributed by atoms with Crippen LogP contribution in [0.25, 0.3) is 10.9 Å². The van der Waals surface area contributed by atoms with E-state index in [1.54, 1.807) is 29.9 Å². The molecule has 3 rings (SSSR count). The van der Waals surface area contributed by atoms with E-state index in [1.807, 2.05) is 30.3 Å². The maximum absolute atomic E-state index is 12.8. The lowest BCUT2D eigenvalue weighted by Gasteiger charge is -2.13. The Labute approximate surface area is 172 Å². The van der Waals surface area contributed by atoms with Crippen molar-refractivity contribution in [1.29, 1.82) is 0 Å². The number of carbonyl (C=O) groups is 1. The minimum absolute atomic E-state index is 0.110. The van der Waals surface area contributed by atoms with Crippen molar-refractivity contribution in [2.24, 2.45) is 0 Å². The quantitative estimate of drug-likeness (QED) is 0.223. The molecule has 28 heavy (non-hydrogen) atoms. The van der Waals surface area contributed by atoms with Crippen LogP contribution in [0.4, 0.5) is 0 Å². The van der Waals surface area contributed by atoms with Crippen molar-refractivity contribution < 1.29 is 9.53 Å². The lowest BCUT2D eigenvalue weighted by molar-refractivity contribution is 0.0982. The highest BCUT2D eigenvalue weighted by Gasteiger charge is 2.12. The molecule has 0 atom stereocenters. The summed E-state index contributed by atoms with van der Waals surface area (Å²) in [6.45, 7) is 0.840. The van der Waals surface area contributed by atoms with Gasteiger partial charge in [0.15, 0.2) is 10.9 Å². The maximum atomic E-state index is 12.8. The first-order chi connectivity index (χ1) is 13.6. The molecule has 0 amide bonds. The number of aromatic nitrogens is 2. The Balaban J connectivity index is 1.73. The number of hydrogen-bond acceptors (Lipinski definition) is 5. The van der Waals surface area contributed by atoms with Crippen molar-refractivity contribution in [3.05, 3.63) is 69.5 Å². The molecule has 146 valence electrons. The van der Waals surface area contributed by atoms with Gasteiger partial charge in [-0.05, 0) is 24.6 Å². The molecule has 0 N–H and O–H groups in total. The number of carbonyl (C=O) groups excluding carboxylic acids is 1. The van der Waals surface area contributed by atoms with Crippen LogP contribution in [0.5, 0.6) is 0 Å². The van der Waals surface area contributed by atoms with Gasteiger partial charge < -0.3 is 4.74 Å². The Hall–Kier alpha value is -2.15. The molecule has 0 saturated carbocycles. The lowest BCUT2D eigenvalue weighted by Crippen LogP contribution is -2.25. The molecule has 0 bridgehead atoms. The van der Waals surface area contributed by atoms with E-state index in [2.05, 4.69) is 4.98 Å². The lowest BCUT2D eigenvalue weighted by atomic mass is 10.1. The first-order valence-electron chi connectivity index (χ1n) is 9.00. The van der Waals surface area contributed by atoms with Crippen molar-refractivity contribution in [1.82, 2.24) is 9.55 Å².